The lowest BCUT2D eigenvalue weighted by Gasteiger charge is -2.14. The molecule has 1 atom stereocenters. The maximum absolute atomic E-state index is 5.57. The van der Waals surface area contributed by atoms with Gasteiger partial charge in [0.1, 0.15) is 11.9 Å². The molecule has 1 aromatic rings. The highest BCUT2D eigenvalue weighted by atomic mass is 16.5. The van der Waals surface area contributed by atoms with Crippen LogP contribution in [0, 0.1) is 6.92 Å². The van der Waals surface area contributed by atoms with Gasteiger partial charge in [0, 0.05) is 6.61 Å². The Kier molecular flexibility index (Phi) is 4.42. The average Bonchev–Trinajstić information content (AvgIpc) is 2.16. The second-order valence-corrected chi connectivity index (χ2v) is 3.33. The van der Waals surface area contributed by atoms with Crippen LogP contribution < -0.4 is 5.73 Å². The number of nitrogens with zero attached hydrogens (tertiary/aromatic N) is 3. The first-order chi connectivity index (χ1) is 7.17. The van der Waals surface area contributed by atoms with Crippen molar-refractivity contribution in [1.82, 2.24) is 15.0 Å². The van der Waals surface area contributed by atoms with Gasteiger partial charge in [-0.3, -0.25) is 0 Å². The molecule has 0 aliphatic rings. The lowest BCUT2D eigenvalue weighted by atomic mass is 10.2. The Hall–Kier alpha value is -1.23. The van der Waals surface area contributed by atoms with E-state index >= 15 is 0 Å². The van der Waals surface area contributed by atoms with Crippen LogP contribution in [0.3, 0.4) is 0 Å². The van der Waals surface area contributed by atoms with Gasteiger partial charge < -0.3 is 10.5 Å². The molecule has 0 fully saturated rings. The molecule has 1 unspecified atom stereocenters. The summed E-state index contributed by atoms with van der Waals surface area (Å²) in [4.78, 5) is 12.3. The number of rotatable bonds is 5. The minimum Gasteiger partial charge on any atom is -0.371 e. The second-order valence-electron chi connectivity index (χ2n) is 3.33. The molecule has 0 radical (unpaired) electrons. The van der Waals surface area contributed by atoms with E-state index in [4.69, 9.17) is 10.5 Å². The fraction of sp³-hybridized carbons (Fsp3) is 0.700. The Labute approximate surface area is 90.1 Å². The molecule has 1 aromatic heterocycles. The lowest BCUT2D eigenvalue weighted by molar-refractivity contribution is 0.0492. The summed E-state index contributed by atoms with van der Waals surface area (Å²) in [7, 11) is 0. The molecule has 0 saturated heterocycles. The van der Waals surface area contributed by atoms with E-state index < -0.39 is 0 Å². The zero-order chi connectivity index (χ0) is 11.3. The van der Waals surface area contributed by atoms with E-state index in [1.165, 1.54) is 0 Å². The summed E-state index contributed by atoms with van der Waals surface area (Å²) in [6.07, 6.45) is 1.86. The van der Waals surface area contributed by atoms with Gasteiger partial charge in [-0.15, -0.1) is 0 Å². The number of nitrogens with two attached hydrogens (primary N) is 1. The van der Waals surface area contributed by atoms with Gasteiger partial charge >= 0.3 is 0 Å². The Bertz CT molecular complexity index is 290. The molecule has 0 aromatic carbocycles. The predicted molar refractivity (Wildman–Crippen MR) is 58.3 cm³/mol. The zero-order valence-corrected chi connectivity index (χ0v) is 9.53. The van der Waals surface area contributed by atoms with Crippen molar-refractivity contribution in [3.63, 3.8) is 0 Å². The summed E-state index contributed by atoms with van der Waals surface area (Å²) < 4.78 is 5.57. The number of hydrogen-bond donors (Lipinski definition) is 1. The SMILES string of the molecule is CCCC(OCC)c1nc(C)nc(N)n1. The van der Waals surface area contributed by atoms with Crippen LogP contribution in [0.25, 0.3) is 0 Å². The third-order valence-corrected chi connectivity index (χ3v) is 1.99. The highest BCUT2D eigenvalue weighted by Crippen LogP contribution is 2.19. The monoisotopic (exact) mass is 210 g/mol. The van der Waals surface area contributed by atoms with Crippen molar-refractivity contribution in [2.24, 2.45) is 0 Å². The first-order valence-corrected chi connectivity index (χ1v) is 5.27. The quantitative estimate of drug-likeness (QED) is 0.799. The van der Waals surface area contributed by atoms with Gasteiger partial charge in [-0.1, -0.05) is 13.3 Å². The molecule has 0 aliphatic carbocycles. The van der Waals surface area contributed by atoms with Crippen LogP contribution in [0.1, 0.15) is 44.4 Å². The Morgan fingerprint density at radius 3 is 2.53 bits per heavy atom. The molecule has 0 aliphatic heterocycles. The molecule has 15 heavy (non-hydrogen) atoms. The predicted octanol–water partition coefficient (Wildman–Crippen LogP) is 1.64. The molecule has 5 nitrogen and oxygen atoms in total. The summed E-state index contributed by atoms with van der Waals surface area (Å²) in [6.45, 7) is 6.51. The van der Waals surface area contributed by atoms with Crippen molar-refractivity contribution < 1.29 is 4.74 Å². The average molecular weight is 210 g/mol. The lowest BCUT2D eigenvalue weighted by Crippen LogP contribution is -2.12. The Balaban J connectivity index is 2.88. The van der Waals surface area contributed by atoms with Crippen LogP contribution in [0.5, 0.6) is 0 Å². The van der Waals surface area contributed by atoms with Gasteiger partial charge in [0.25, 0.3) is 0 Å². The first kappa shape index (κ1) is 11.8. The molecule has 0 bridgehead atoms. The van der Waals surface area contributed by atoms with Crippen molar-refractivity contribution in [1.29, 1.82) is 0 Å². The first-order valence-electron chi connectivity index (χ1n) is 5.27. The number of nitrogen functional groups attached to an aromatic ring is 1. The van der Waals surface area contributed by atoms with Gasteiger partial charge in [-0.05, 0) is 20.3 Å². The minimum absolute atomic E-state index is 0.0657. The van der Waals surface area contributed by atoms with Crippen LogP contribution in [0.2, 0.25) is 0 Å². The van der Waals surface area contributed by atoms with Gasteiger partial charge in [0.2, 0.25) is 5.95 Å². The third-order valence-electron chi connectivity index (χ3n) is 1.99. The summed E-state index contributed by atoms with van der Waals surface area (Å²) in [5.74, 6) is 1.54. The van der Waals surface area contributed by atoms with Gasteiger partial charge in [0.15, 0.2) is 5.82 Å². The van der Waals surface area contributed by atoms with Crippen LogP contribution in [-0.4, -0.2) is 21.6 Å². The molecule has 1 rings (SSSR count). The van der Waals surface area contributed by atoms with Gasteiger partial charge in [-0.2, -0.15) is 9.97 Å². The maximum atomic E-state index is 5.57. The van der Waals surface area contributed by atoms with E-state index in [-0.39, 0.29) is 12.1 Å². The Morgan fingerprint density at radius 2 is 2.00 bits per heavy atom. The molecular weight excluding hydrogens is 192 g/mol. The molecule has 2 N–H and O–H groups in total. The highest BCUT2D eigenvalue weighted by Gasteiger charge is 2.14. The largest absolute Gasteiger partial charge is 0.371 e. The zero-order valence-electron chi connectivity index (χ0n) is 9.53. The van der Waals surface area contributed by atoms with E-state index in [1.54, 1.807) is 6.92 Å². The topological polar surface area (TPSA) is 73.9 Å². The van der Waals surface area contributed by atoms with Crippen molar-refractivity contribution in [2.75, 3.05) is 12.3 Å². The summed E-state index contributed by atoms with van der Waals surface area (Å²) in [5, 5.41) is 0. The van der Waals surface area contributed by atoms with Crippen molar-refractivity contribution in [3.8, 4) is 0 Å². The summed E-state index contributed by atoms with van der Waals surface area (Å²) >= 11 is 0. The molecule has 0 spiro atoms. The molecule has 1 heterocycles. The van der Waals surface area contributed by atoms with E-state index in [2.05, 4.69) is 21.9 Å². The van der Waals surface area contributed by atoms with E-state index in [0.29, 0.717) is 18.3 Å². The number of anilines is 1. The van der Waals surface area contributed by atoms with Crippen LogP contribution in [-0.2, 0) is 4.74 Å². The third kappa shape index (κ3) is 3.43. The van der Waals surface area contributed by atoms with Crippen LogP contribution >= 0.6 is 0 Å². The molecule has 5 heteroatoms. The van der Waals surface area contributed by atoms with Crippen molar-refractivity contribution in [2.45, 2.75) is 39.7 Å². The smallest absolute Gasteiger partial charge is 0.223 e. The van der Waals surface area contributed by atoms with Crippen molar-refractivity contribution >= 4 is 5.95 Å². The fourth-order valence-electron chi connectivity index (χ4n) is 1.42. The van der Waals surface area contributed by atoms with Gasteiger partial charge in [-0.25, -0.2) is 4.98 Å². The molecule has 84 valence electrons. The second kappa shape index (κ2) is 5.60. The summed E-state index contributed by atoms with van der Waals surface area (Å²) in [6, 6.07) is 0. The standard InChI is InChI=1S/C10H18N4O/c1-4-6-8(15-5-2)9-12-7(3)13-10(11)14-9/h8H,4-6H2,1-3H3,(H2,11,12,13,14). The molecule has 0 amide bonds. The molecule has 0 saturated carbocycles. The number of ether oxygens (including phenoxy) is 1. The van der Waals surface area contributed by atoms with E-state index in [0.717, 1.165) is 12.8 Å². The normalized spacial score (nSPS) is 12.7. The molecular formula is C10H18N4O. The minimum atomic E-state index is -0.0657. The van der Waals surface area contributed by atoms with Gasteiger partial charge in [0.05, 0.1) is 0 Å². The number of hydrogen-bond acceptors (Lipinski definition) is 5. The van der Waals surface area contributed by atoms with E-state index in [1.807, 2.05) is 6.92 Å². The number of aryl methyl sites for hydroxylation is 1. The van der Waals surface area contributed by atoms with E-state index in [9.17, 15) is 0 Å². The summed E-state index contributed by atoms with van der Waals surface area (Å²) in [5.41, 5.74) is 5.57. The van der Waals surface area contributed by atoms with Crippen LogP contribution in [0.4, 0.5) is 5.95 Å². The Morgan fingerprint density at radius 1 is 1.27 bits per heavy atom. The maximum Gasteiger partial charge on any atom is 0.223 e. The van der Waals surface area contributed by atoms with Crippen molar-refractivity contribution in [3.05, 3.63) is 11.6 Å². The fourth-order valence-corrected chi connectivity index (χ4v) is 1.42. The number of aromatic nitrogens is 3. The van der Waals surface area contributed by atoms with Crippen LogP contribution in [0.15, 0.2) is 0 Å². The highest BCUT2D eigenvalue weighted by molar-refractivity contribution is 5.16.